The molecule has 0 fully saturated rings. The molecule has 0 aliphatic rings. The molecule has 0 radical (unpaired) electrons. The van der Waals surface area contributed by atoms with Gasteiger partial charge in [-0.05, 0) is 24.6 Å². The van der Waals surface area contributed by atoms with Crippen LogP contribution in [0.1, 0.15) is 6.42 Å². The van der Waals surface area contributed by atoms with Crippen molar-refractivity contribution in [1.29, 1.82) is 0 Å². The minimum atomic E-state index is 0.531. The predicted molar refractivity (Wildman–Crippen MR) is 72.6 cm³/mol. The molecule has 0 heterocycles. The number of alkyl halides is 2. The average Bonchev–Trinajstić information content (AvgIpc) is 2.24. The van der Waals surface area contributed by atoms with Crippen molar-refractivity contribution >= 4 is 43.5 Å². The second-order valence-corrected chi connectivity index (χ2v) is 5.14. The Morgan fingerprint density at radius 2 is 2.13 bits per heavy atom. The van der Waals surface area contributed by atoms with Crippen LogP contribution in [-0.4, -0.2) is 17.3 Å². The highest BCUT2D eigenvalue weighted by atomic mass is 79.9. The molecule has 0 aliphatic heterocycles. The smallest absolute Gasteiger partial charge is 0.120 e. The van der Waals surface area contributed by atoms with E-state index in [0.29, 0.717) is 10.9 Å². The van der Waals surface area contributed by atoms with Crippen LogP contribution in [0.5, 0.6) is 5.75 Å². The van der Waals surface area contributed by atoms with Crippen molar-refractivity contribution in [2.75, 3.05) is 17.3 Å². The van der Waals surface area contributed by atoms with Gasteiger partial charge < -0.3 is 4.74 Å². The van der Waals surface area contributed by atoms with Crippen molar-refractivity contribution < 1.29 is 4.74 Å². The molecule has 0 amide bonds. The van der Waals surface area contributed by atoms with Crippen molar-refractivity contribution in [2.24, 2.45) is 5.92 Å². The summed E-state index contributed by atoms with van der Waals surface area (Å²) in [6.45, 7) is 0.719. The Morgan fingerprint density at radius 1 is 1.33 bits per heavy atom. The molecule has 15 heavy (non-hydrogen) atoms. The summed E-state index contributed by atoms with van der Waals surface area (Å²) in [6, 6.07) is 7.49. The Labute approximate surface area is 112 Å². The third-order valence-electron chi connectivity index (χ3n) is 2.02. The van der Waals surface area contributed by atoms with Crippen molar-refractivity contribution in [1.82, 2.24) is 0 Å². The molecular formula is C11H13Br2ClO. The molecule has 4 heteroatoms. The third-order valence-corrected chi connectivity index (χ3v) is 3.63. The first-order chi connectivity index (χ1) is 7.26. The lowest BCUT2D eigenvalue weighted by Crippen LogP contribution is -2.13. The van der Waals surface area contributed by atoms with Crippen molar-refractivity contribution in [2.45, 2.75) is 6.42 Å². The normalized spacial score (nSPS) is 12.5. The van der Waals surface area contributed by atoms with E-state index in [1.54, 1.807) is 0 Å². The summed E-state index contributed by atoms with van der Waals surface area (Å²) >= 11 is 12.8. The van der Waals surface area contributed by atoms with E-state index >= 15 is 0 Å². The number of benzene rings is 1. The van der Waals surface area contributed by atoms with Crippen LogP contribution in [0, 0.1) is 5.92 Å². The molecule has 1 aromatic rings. The Balaban J connectivity index is 2.41. The fourth-order valence-corrected chi connectivity index (χ4v) is 2.47. The van der Waals surface area contributed by atoms with E-state index in [-0.39, 0.29) is 0 Å². The van der Waals surface area contributed by atoms with E-state index < -0.39 is 0 Å². The number of hydrogen-bond acceptors (Lipinski definition) is 1. The molecule has 0 saturated heterocycles. The average molecular weight is 356 g/mol. The van der Waals surface area contributed by atoms with E-state index in [1.807, 2.05) is 24.3 Å². The number of ether oxygens (including phenoxy) is 1. The lowest BCUT2D eigenvalue weighted by atomic mass is 10.1. The van der Waals surface area contributed by atoms with E-state index in [0.717, 1.165) is 29.4 Å². The highest BCUT2D eigenvalue weighted by molar-refractivity contribution is 9.09. The predicted octanol–water partition coefficient (Wildman–Crippen LogP) is 4.51. The van der Waals surface area contributed by atoms with Crippen LogP contribution >= 0.6 is 43.5 Å². The van der Waals surface area contributed by atoms with Gasteiger partial charge in [-0.2, -0.15) is 0 Å². The maximum Gasteiger partial charge on any atom is 0.120 e. The second-order valence-electron chi connectivity index (χ2n) is 3.27. The monoisotopic (exact) mass is 354 g/mol. The van der Waals surface area contributed by atoms with E-state index in [9.17, 15) is 0 Å². The number of rotatable bonds is 6. The third kappa shape index (κ3) is 5.23. The molecular weight excluding hydrogens is 343 g/mol. The van der Waals surface area contributed by atoms with Crippen LogP contribution in [0.25, 0.3) is 0 Å². The summed E-state index contributed by atoms with van der Waals surface area (Å²) in [7, 11) is 0. The van der Waals surface area contributed by atoms with Crippen LogP contribution in [0.2, 0.25) is 5.02 Å². The van der Waals surface area contributed by atoms with Gasteiger partial charge in [-0.15, -0.1) is 0 Å². The van der Waals surface area contributed by atoms with Crippen LogP contribution in [0.4, 0.5) is 0 Å². The molecule has 1 rings (SSSR count). The topological polar surface area (TPSA) is 9.23 Å². The molecule has 0 spiro atoms. The van der Waals surface area contributed by atoms with Gasteiger partial charge in [-0.3, -0.25) is 0 Å². The summed E-state index contributed by atoms with van der Waals surface area (Å²) in [5.74, 6) is 1.37. The molecule has 0 aliphatic carbocycles. The van der Waals surface area contributed by atoms with Crippen LogP contribution < -0.4 is 4.74 Å². The second kappa shape index (κ2) is 7.53. The molecule has 1 aromatic carbocycles. The first-order valence-corrected chi connectivity index (χ1v) is 7.38. The fourth-order valence-electron chi connectivity index (χ4n) is 1.13. The summed E-state index contributed by atoms with van der Waals surface area (Å²) in [5.41, 5.74) is 0. The van der Waals surface area contributed by atoms with Crippen LogP contribution in [0.15, 0.2) is 24.3 Å². The van der Waals surface area contributed by atoms with Gasteiger partial charge in [0.15, 0.2) is 0 Å². The fraction of sp³-hybridized carbons (Fsp3) is 0.455. The molecule has 0 N–H and O–H groups in total. The quantitative estimate of drug-likeness (QED) is 0.681. The zero-order valence-electron chi connectivity index (χ0n) is 8.26. The highest BCUT2D eigenvalue weighted by Crippen LogP contribution is 2.19. The molecule has 84 valence electrons. The van der Waals surface area contributed by atoms with Crippen molar-refractivity contribution in [3.63, 3.8) is 0 Å². The summed E-state index contributed by atoms with van der Waals surface area (Å²) in [6.07, 6.45) is 1.10. The van der Waals surface area contributed by atoms with Gasteiger partial charge >= 0.3 is 0 Å². The summed E-state index contributed by atoms with van der Waals surface area (Å²) in [4.78, 5) is 0. The Morgan fingerprint density at radius 3 is 2.73 bits per heavy atom. The number of halogens is 3. The molecule has 0 unspecified atom stereocenters. The van der Waals surface area contributed by atoms with Gasteiger partial charge in [0.05, 0.1) is 6.61 Å². The molecule has 0 saturated carbocycles. The van der Waals surface area contributed by atoms with E-state index in [2.05, 4.69) is 31.9 Å². The molecule has 1 nitrogen and oxygen atoms in total. The zero-order chi connectivity index (χ0) is 11.1. The Hall–Kier alpha value is 0.270. The SMILES string of the molecule is Clc1cccc(OC[C@@H](CBr)CCBr)c1. The molecule has 1 atom stereocenters. The summed E-state index contributed by atoms with van der Waals surface area (Å²) < 4.78 is 5.66. The molecule has 0 bridgehead atoms. The van der Waals surface area contributed by atoms with Crippen molar-refractivity contribution in [3.05, 3.63) is 29.3 Å². The zero-order valence-corrected chi connectivity index (χ0v) is 12.2. The van der Waals surface area contributed by atoms with Crippen LogP contribution in [0.3, 0.4) is 0 Å². The van der Waals surface area contributed by atoms with Gasteiger partial charge in [0.25, 0.3) is 0 Å². The molecule has 0 aromatic heterocycles. The lowest BCUT2D eigenvalue weighted by Gasteiger charge is -2.13. The van der Waals surface area contributed by atoms with E-state index in [4.69, 9.17) is 16.3 Å². The maximum absolute atomic E-state index is 5.86. The van der Waals surface area contributed by atoms with Crippen molar-refractivity contribution in [3.8, 4) is 5.75 Å². The van der Waals surface area contributed by atoms with Gasteiger partial charge in [-0.25, -0.2) is 0 Å². The Bertz CT molecular complexity index is 294. The van der Waals surface area contributed by atoms with Gasteiger partial charge in [0.1, 0.15) is 5.75 Å². The maximum atomic E-state index is 5.86. The van der Waals surface area contributed by atoms with Gasteiger partial charge in [0.2, 0.25) is 0 Å². The minimum absolute atomic E-state index is 0.531. The first-order valence-electron chi connectivity index (χ1n) is 4.76. The van der Waals surface area contributed by atoms with Gasteiger partial charge in [-0.1, -0.05) is 49.5 Å². The minimum Gasteiger partial charge on any atom is -0.493 e. The van der Waals surface area contributed by atoms with Crippen LogP contribution in [-0.2, 0) is 0 Å². The number of hydrogen-bond donors (Lipinski definition) is 0. The highest BCUT2D eigenvalue weighted by Gasteiger charge is 2.07. The largest absolute Gasteiger partial charge is 0.493 e. The van der Waals surface area contributed by atoms with Gasteiger partial charge in [0, 0.05) is 21.6 Å². The standard InChI is InChI=1S/C11H13Br2ClO/c12-5-4-9(7-13)8-15-11-3-1-2-10(14)6-11/h1-3,6,9H,4-5,7-8H2/t9-/m1/s1. The lowest BCUT2D eigenvalue weighted by molar-refractivity contribution is 0.261. The van der Waals surface area contributed by atoms with E-state index in [1.165, 1.54) is 0 Å². The first kappa shape index (κ1) is 13.3. The Kier molecular flexibility index (Phi) is 6.69. The summed E-state index contributed by atoms with van der Waals surface area (Å²) in [5, 5.41) is 2.67.